The molecule has 0 unspecified atom stereocenters. The molecular formula is C9H21OSi. The Balaban J connectivity index is 2.80. The number of hydrogen-bond acceptors (Lipinski definition) is 1. The first-order valence-corrected chi connectivity index (χ1v) is 7.26. The lowest BCUT2D eigenvalue weighted by Gasteiger charge is -2.02. The largest absolute Gasteiger partial charge is 0.385 e. The van der Waals surface area contributed by atoms with E-state index in [0.29, 0.717) is 0 Å². The maximum absolute atomic E-state index is 4.98. The molecule has 0 rings (SSSR count). The molecule has 0 saturated heterocycles. The molecule has 0 N–H and O–H groups in total. The van der Waals surface area contributed by atoms with Gasteiger partial charge in [-0.05, 0) is 6.42 Å². The summed E-state index contributed by atoms with van der Waals surface area (Å²) in [6, 6.07) is 1.48. The maximum atomic E-state index is 4.98. The number of ether oxygens (including phenoxy) is 1. The van der Waals surface area contributed by atoms with Gasteiger partial charge in [0.1, 0.15) is 0 Å². The van der Waals surface area contributed by atoms with Gasteiger partial charge in [0.15, 0.2) is 0 Å². The second-order valence-corrected chi connectivity index (χ2v) is 6.28. The van der Waals surface area contributed by atoms with Crippen molar-refractivity contribution in [2.24, 2.45) is 0 Å². The van der Waals surface area contributed by atoms with Gasteiger partial charge in [0.25, 0.3) is 0 Å². The highest BCUT2D eigenvalue weighted by Crippen LogP contribution is 2.05. The van der Waals surface area contributed by atoms with Crippen molar-refractivity contribution in [3.63, 3.8) is 0 Å². The normalized spacial score (nSPS) is 10.9. The van der Waals surface area contributed by atoms with Gasteiger partial charge < -0.3 is 4.74 Å². The van der Waals surface area contributed by atoms with Crippen LogP contribution in [0.5, 0.6) is 0 Å². The van der Waals surface area contributed by atoms with Crippen LogP contribution in [0.15, 0.2) is 0 Å². The first kappa shape index (κ1) is 11.2. The lowest BCUT2D eigenvalue weighted by molar-refractivity contribution is 0.192. The third-order valence-electron chi connectivity index (χ3n) is 1.78. The summed E-state index contributed by atoms with van der Waals surface area (Å²) in [5.41, 5.74) is 0. The topological polar surface area (TPSA) is 9.23 Å². The molecule has 2 heteroatoms. The van der Waals surface area contributed by atoms with Crippen LogP contribution in [0.3, 0.4) is 0 Å². The van der Waals surface area contributed by atoms with Crippen molar-refractivity contribution in [3.05, 3.63) is 0 Å². The predicted octanol–water partition coefficient (Wildman–Crippen LogP) is 2.95. The Kier molecular flexibility index (Phi) is 8.41. The van der Waals surface area contributed by atoms with Gasteiger partial charge in [-0.3, -0.25) is 0 Å². The van der Waals surface area contributed by atoms with Gasteiger partial charge in [0.05, 0.1) is 0 Å². The van der Waals surface area contributed by atoms with E-state index in [1.165, 1.54) is 31.7 Å². The summed E-state index contributed by atoms with van der Waals surface area (Å²) in [5.74, 6) is 0. The van der Waals surface area contributed by atoms with Gasteiger partial charge in [0.2, 0.25) is 0 Å². The van der Waals surface area contributed by atoms with Crippen LogP contribution in [-0.2, 0) is 4.74 Å². The van der Waals surface area contributed by atoms with Crippen LogP contribution < -0.4 is 0 Å². The Labute approximate surface area is 72.7 Å². The molecule has 1 nitrogen and oxygen atoms in total. The van der Waals surface area contributed by atoms with Crippen LogP contribution in [0.4, 0.5) is 0 Å². The SMILES string of the molecule is COCCCCCC[Si](C)C. The van der Waals surface area contributed by atoms with E-state index < -0.39 is 0 Å². The standard InChI is InChI=1S/C9H21OSi/c1-10-8-6-4-5-7-9-11(2)3/h4-9H2,1-3H3. The fourth-order valence-corrected chi connectivity index (χ4v) is 2.04. The fourth-order valence-electron chi connectivity index (χ4n) is 1.08. The van der Waals surface area contributed by atoms with E-state index in [1.54, 1.807) is 7.11 Å². The molecule has 0 fully saturated rings. The number of methoxy groups -OCH3 is 1. The minimum absolute atomic E-state index is 0.0416. The Morgan fingerprint density at radius 1 is 1.00 bits per heavy atom. The van der Waals surface area contributed by atoms with Crippen molar-refractivity contribution in [2.75, 3.05) is 13.7 Å². The number of hydrogen-bond donors (Lipinski definition) is 0. The van der Waals surface area contributed by atoms with Crippen LogP contribution in [-0.4, -0.2) is 22.5 Å². The van der Waals surface area contributed by atoms with Crippen molar-refractivity contribution < 1.29 is 4.74 Å². The van der Waals surface area contributed by atoms with Gasteiger partial charge in [0, 0.05) is 22.5 Å². The van der Waals surface area contributed by atoms with E-state index in [4.69, 9.17) is 4.74 Å². The fraction of sp³-hybridized carbons (Fsp3) is 1.00. The Morgan fingerprint density at radius 3 is 2.18 bits per heavy atom. The molecule has 0 aromatic heterocycles. The molecule has 0 heterocycles. The smallest absolute Gasteiger partial charge is 0.0462 e. The Bertz CT molecular complexity index is 74.0. The van der Waals surface area contributed by atoms with Crippen LogP contribution in [0.2, 0.25) is 19.1 Å². The molecule has 0 atom stereocenters. The van der Waals surface area contributed by atoms with Crippen molar-refractivity contribution >= 4 is 8.80 Å². The predicted molar refractivity (Wildman–Crippen MR) is 52.6 cm³/mol. The summed E-state index contributed by atoms with van der Waals surface area (Å²) in [6.45, 7) is 5.72. The lowest BCUT2D eigenvalue weighted by atomic mass is 10.2. The average Bonchev–Trinajstić information content (AvgIpc) is 1.96. The highest BCUT2D eigenvalue weighted by molar-refractivity contribution is 6.55. The summed E-state index contributed by atoms with van der Waals surface area (Å²) in [4.78, 5) is 0. The molecule has 0 aromatic rings. The Hall–Kier alpha value is 0.177. The molecule has 0 aliphatic heterocycles. The molecule has 0 aliphatic rings. The van der Waals surface area contributed by atoms with Crippen LogP contribution >= 0.6 is 0 Å². The minimum Gasteiger partial charge on any atom is -0.385 e. The first-order chi connectivity index (χ1) is 5.27. The zero-order valence-electron chi connectivity index (χ0n) is 8.15. The highest BCUT2D eigenvalue weighted by Gasteiger charge is 1.95. The van der Waals surface area contributed by atoms with Crippen molar-refractivity contribution in [1.82, 2.24) is 0 Å². The van der Waals surface area contributed by atoms with Crippen LogP contribution in [0.25, 0.3) is 0 Å². The van der Waals surface area contributed by atoms with E-state index in [0.717, 1.165) is 6.61 Å². The summed E-state index contributed by atoms with van der Waals surface area (Å²) in [5, 5.41) is 0. The molecule has 0 saturated carbocycles. The summed E-state index contributed by atoms with van der Waals surface area (Å²) in [7, 11) is 1.82. The van der Waals surface area contributed by atoms with E-state index in [9.17, 15) is 0 Å². The Morgan fingerprint density at radius 2 is 1.64 bits per heavy atom. The molecule has 0 aromatic carbocycles. The zero-order chi connectivity index (χ0) is 8.53. The number of rotatable bonds is 7. The maximum Gasteiger partial charge on any atom is 0.0462 e. The zero-order valence-corrected chi connectivity index (χ0v) is 9.15. The van der Waals surface area contributed by atoms with Gasteiger partial charge in [-0.1, -0.05) is 38.4 Å². The molecule has 1 radical (unpaired) electrons. The van der Waals surface area contributed by atoms with Gasteiger partial charge >= 0.3 is 0 Å². The van der Waals surface area contributed by atoms with Crippen LogP contribution in [0, 0.1) is 0 Å². The minimum atomic E-state index is 0.0416. The molecule has 0 spiro atoms. The van der Waals surface area contributed by atoms with E-state index >= 15 is 0 Å². The second kappa shape index (κ2) is 8.28. The first-order valence-electron chi connectivity index (χ1n) is 4.55. The quantitative estimate of drug-likeness (QED) is 0.425. The number of unbranched alkanes of at least 4 members (excludes halogenated alkanes) is 3. The molecule has 0 amide bonds. The molecule has 11 heavy (non-hydrogen) atoms. The average molecular weight is 173 g/mol. The highest BCUT2D eigenvalue weighted by atomic mass is 28.3. The summed E-state index contributed by atoms with van der Waals surface area (Å²) >= 11 is 0. The summed E-state index contributed by atoms with van der Waals surface area (Å²) in [6.07, 6.45) is 5.43. The lowest BCUT2D eigenvalue weighted by Crippen LogP contribution is -1.98. The van der Waals surface area contributed by atoms with E-state index in [-0.39, 0.29) is 8.80 Å². The van der Waals surface area contributed by atoms with Gasteiger partial charge in [-0.15, -0.1) is 0 Å². The molecule has 0 bridgehead atoms. The van der Waals surface area contributed by atoms with E-state index in [1.807, 2.05) is 0 Å². The molecular weight excluding hydrogens is 152 g/mol. The molecule has 0 aliphatic carbocycles. The third-order valence-corrected chi connectivity index (χ3v) is 3.13. The van der Waals surface area contributed by atoms with Crippen molar-refractivity contribution in [3.8, 4) is 0 Å². The molecule has 67 valence electrons. The summed E-state index contributed by atoms with van der Waals surface area (Å²) < 4.78 is 4.98. The second-order valence-electron chi connectivity index (χ2n) is 3.36. The van der Waals surface area contributed by atoms with Crippen LogP contribution in [0.1, 0.15) is 25.7 Å². The monoisotopic (exact) mass is 173 g/mol. The van der Waals surface area contributed by atoms with E-state index in [2.05, 4.69) is 13.1 Å². The van der Waals surface area contributed by atoms with Crippen molar-refractivity contribution in [2.45, 2.75) is 44.8 Å². The van der Waals surface area contributed by atoms with Gasteiger partial charge in [-0.25, -0.2) is 0 Å². The third kappa shape index (κ3) is 10.2. The van der Waals surface area contributed by atoms with Crippen molar-refractivity contribution in [1.29, 1.82) is 0 Å². The van der Waals surface area contributed by atoms with Gasteiger partial charge in [-0.2, -0.15) is 0 Å².